The molecule has 19 heavy (non-hydrogen) atoms. The van der Waals surface area contributed by atoms with Crippen LogP contribution in [0.4, 0.5) is 0 Å². The lowest BCUT2D eigenvalue weighted by molar-refractivity contribution is -0.137. The molecule has 0 bridgehead atoms. The molecule has 0 aromatic carbocycles. The highest BCUT2D eigenvalue weighted by molar-refractivity contribution is 8.76. The highest BCUT2D eigenvalue weighted by atomic mass is 33.1. The van der Waals surface area contributed by atoms with E-state index in [4.69, 9.17) is 10.2 Å². The molecule has 0 saturated carbocycles. The van der Waals surface area contributed by atoms with E-state index in [0.717, 1.165) is 0 Å². The van der Waals surface area contributed by atoms with E-state index in [1.807, 2.05) is 0 Å². The van der Waals surface area contributed by atoms with Crippen LogP contribution in [0.2, 0.25) is 0 Å². The summed E-state index contributed by atoms with van der Waals surface area (Å²) in [6.45, 7) is 0. The van der Waals surface area contributed by atoms with Crippen LogP contribution >= 0.6 is 21.6 Å². The van der Waals surface area contributed by atoms with Gasteiger partial charge in [0, 0.05) is 24.3 Å². The number of carboxylic acid groups (broad SMARTS) is 2. The van der Waals surface area contributed by atoms with E-state index in [1.54, 1.807) is 0 Å². The summed E-state index contributed by atoms with van der Waals surface area (Å²) in [5, 5.41) is 18.6. The van der Waals surface area contributed by atoms with Crippen molar-refractivity contribution in [2.24, 2.45) is 0 Å². The zero-order valence-corrected chi connectivity index (χ0v) is 11.7. The van der Waals surface area contributed by atoms with Gasteiger partial charge in [0.15, 0.2) is 0 Å². The zero-order chi connectivity index (χ0) is 14.7. The third-order valence-electron chi connectivity index (χ3n) is 1.74. The molecule has 0 atom stereocenters. The molecule has 1 saturated heterocycles. The minimum Gasteiger partial charge on any atom is -0.481 e. The third kappa shape index (κ3) is 13.0. The van der Waals surface area contributed by atoms with E-state index in [1.165, 1.54) is 21.6 Å². The number of carboxylic acids is 2. The van der Waals surface area contributed by atoms with Gasteiger partial charge in [-0.25, -0.2) is 0 Å². The Hall–Kier alpha value is -1.22. The van der Waals surface area contributed by atoms with E-state index < -0.39 is 11.9 Å². The van der Waals surface area contributed by atoms with Crippen LogP contribution in [-0.2, 0) is 19.2 Å². The number of imide groups is 1. The molecule has 1 aliphatic rings. The number of amides is 2. The van der Waals surface area contributed by atoms with E-state index in [-0.39, 0.29) is 24.7 Å². The van der Waals surface area contributed by atoms with Crippen LogP contribution < -0.4 is 5.32 Å². The van der Waals surface area contributed by atoms with E-state index >= 15 is 0 Å². The minimum absolute atomic E-state index is 0.130. The van der Waals surface area contributed by atoms with Gasteiger partial charge < -0.3 is 10.2 Å². The summed E-state index contributed by atoms with van der Waals surface area (Å²) in [6.07, 6.45) is 1.01. The predicted octanol–water partition coefficient (Wildman–Crippen LogP) is 0.740. The monoisotopic (exact) mass is 309 g/mol. The van der Waals surface area contributed by atoms with Crippen molar-refractivity contribution in [3.63, 3.8) is 0 Å². The Morgan fingerprint density at radius 2 is 1.32 bits per heavy atom. The number of rotatable bonds is 7. The van der Waals surface area contributed by atoms with Crippen LogP contribution in [0.5, 0.6) is 0 Å². The number of aliphatic carboxylic acids is 2. The molecule has 1 heterocycles. The van der Waals surface area contributed by atoms with Crippen molar-refractivity contribution in [2.45, 2.75) is 25.7 Å². The summed E-state index contributed by atoms with van der Waals surface area (Å²) in [7, 11) is 2.79. The van der Waals surface area contributed by atoms with Crippen molar-refractivity contribution in [3.8, 4) is 0 Å². The van der Waals surface area contributed by atoms with Crippen LogP contribution in [0.25, 0.3) is 0 Å². The Labute approximate surface area is 117 Å². The fourth-order valence-corrected chi connectivity index (χ4v) is 2.84. The van der Waals surface area contributed by atoms with Crippen LogP contribution in [-0.4, -0.2) is 45.5 Å². The molecule has 1 fully saturated rings. The predicted molar refractivity (Wildman–Crippen MR) is 71.8 cm³/mol. The number of carbonyl (C=O) groups excluding carboxylic acids is 2. The normalized spacial score (nSPS) is 13.5. The topological polar surface area (TPSA) is 121 Å². The molecule has 2 amide bonds. The molecule has 9 heteroatoms. The molecular weight excluding hydrogens is 294 g/mol. The summed E-state index contributed by atoms with van der Waals surface area (Å²) in [5.41, 5.74) is 0. The maximum atomic E-state index is 10.1. The maximum absolute atomic E-state index is 10.1. The molecule has 0 radical (unpaired) electrons. The van der Waals surface area contributed by atoms with Gasteiger partial charge in [-0.3, -0.25) is 24.5 Å². The second kappa shape index (κ2) is 10.7. The summed E-state index contributed by atoms with van der Waals surface area (Å²) < 4.78 is 0. The van der Waals surface area contributed by atoms with E-state index in [2.05, 4.69) is 5.32 Å². The van der Waals surface area contributed by atoms with Crippen molar-refractivity contribution in [1.29, 1.82) is 0 Å². The fraction of sp³-hybridized carbons (Fsp3) is 0.600. The highest BCUT2D eigenvalue weighted by Crippen LogP contribution is 2.22. The molecule has 0 aromatic heterocycles. The summed E-state index contributed by atoms with van der Waals surface area (Å²) in [5.74, 6) is -0.878. The molecule has 1 aliphatic heterocycles. The average Bonchev–Trinajstić information content (AvgIpc) is 2.67. The van der Waals surface area contributed by atoms with Crippen molar-refractivity contribution >= 4 is 45.3 Å². The first kappa shape index (κ1) is 17.8. The smallest absolute Gasteiger partial charge is 0.304 e. The second-order valence-corrected chi connectivity index (χ2v) is 6.10. The van der Waals surface area contributed by atoms with Gasteiger partial charge in [-0.05, 0) is 0 Å². The summed E-state index contributed by atoms with van der Waals surface area (Å²) in [6, 6.07) is 0. The summed E-state index contributed by atoms with van der Waals surface area (Å²) >= 11 is 0. The number of hydrogen-bond acceptors (Lipinski definition) is 6. The molecule has 0 aliphatic carbocycles. The van der Waals surface area contributed by atoms with Gasteiger partial charge in [0.25, 0.3) is 0 Å². The Morgan fingerprint density at radius 3 is 1.53 bits per heavy atom. The molecule has 0 aromatic rings. The lowest BCUT2D eigenvalue weighted by Gasteiger charge is -1.95. The Balaban J connectivity index is 0.000000388. The SMILES string of the molecule is O=C(O)CCSSCCC(=O)O.O=C1CCC(=O)N1. The lowest BCUT2D eigenvalue weighted by Crippen LogP contribution is -2.18. The largest absolute Gasteiger partial charge is 0.481 e. The van der Waals surface area contributed by atoms with Crippen LogP contribution in [0.15, 0.2) is 0 Å². The Morgan fingerprint density at radius 1 is 0.947 bits per heavy atom. The zero-order valence-electron chi connectivity index (χ0n) is 10.1. The summed E-state index contributed by atoms with van der Waals surface area (Å²) in [4.78, 5) is 40.3. The fourth-order valence-electron chi connectivity index (χ4n) is 0.883. The number of hydrogen-bond donors (Lipinski definition) is 3. The highest BCUT2D eigenvalue weighted by Gasteiger charge is 2.15. The van der Waals surface area contributed by atoms with Crippen LogP contribution in [0.3, 0.4) is 0 Å². The molecule has 108 valence electrons. The van der Waals surface area contributed by atoms with Gasteiger partial charge in [0.2, 0.25) is 11.8 Å². The first-order chi connectivity index (χ1) is 8.91. The van der Waals surface area contributed by atoms with Crippen molar-refractivity contribution < 1.29 is 29.4 Å². The van der Waals surface area contributed by atoms with Gasteiger partial charge in [-0.15, -0.1) is 0 Å². The van der Waals surface area contributed by atoms with Gasteiger partial charge in [0.05, 0.1) is 12.8 Å². The van der Waals surface area contributed by atoms with Crippen molar-refractivity contribution in [3.05, 3.63) is 0 Å². The standard InChI is InChI=1S/C6H10O4S2.C4H5NO2/c7-5(8)1-3-11-12-4-2-6(9)10;6-3-1-2-4(7)5-3/h1-4H2,(H,7,8)(H,9,10);1-2H2,(H,5,6,7). The number of carbonyl (C=O) groups is 4. The van der Waals surface area contributed by atoms with E-state index in [0.29, 0.717) is 24.3 Å². The Bertz CT molecular complexity index is 315. The van der Waals surface area contributed by atoms with Crippen molar-refractivity contribution in [2.75, 3.05) is 11.5 Å². The second-order valence-electron chi connectivity index (χ2n) is 3.40. The van der Waals surface area contributed by atoms with Gasteiger partial charge in [0.1, 0.15) is 0 Å². The third-order valence-corrected chi connectivity index (χ3v) is 4.15. The molecular formula is C10H15NO6S2. The molecule has 7 nitrogen and oxygen atoms in total. The molecule has 0 unspecified atom stereocenters. The van der Waals surface area contributed by atoms with Crippen LogP contribution in [0.1, 0.15) is 25.7 Å². The lowest BCUT2D eigenvalue weighted by atomic mass is 10.4. The van der Waals surface area contributed by atoms with Gasteiger partial charge in [-0.1, -0.05) is 21.6 Å². The first-order valence-corrected chi connectivity index (χ1v) is 7.91. The van der Waals surface area contributed by atoms with Crippen LogP contribution in [0, 0.1) is 0 Å². The quantitative estimate of drug-likeness (QED) is 0.358. The van der Waals surface area contributed by atoms with Gasteiger partial charge >= 0.3 is 11.9 Å². The maximum Gasteiger partial charge on any atom is 0.304 e. The van der Waals surface area contributed by atoms with Crippen molar-refractivity contribution in [1.82, 2.24) is 5.32 Å². The van der Waals surface area contributed by atoms with E-state index in [9.17, 15) is 19.2 Å². The van der Waals surface area contributed by atoms with Gasteiger partial charge in [-0.2, -0.15) is 0 Å². The Kier molecular flexibility index (Phi) is 9.99. The average molecular weight is 309 g/mol. The molecule has 1 rings (SSSR count). The molecule has 3 N–H and O–H groups in total. The first-order valence-electron chi connectivity index (χ1n) is 5.42. The number of nitrogens with one attached hydrogen (secondary N) is 1. The minimum atomic E-state index is -0.818. The molecule has 0 spiro atoms.